The van der Waals surface area contributed by atoms with Crippen LogP contribution in [-0.2, 0) is 23.1 Å². The molecular formula is C20H26N11O9P. The summed E-state index contributed by atoms with van der Waals surface area (Å²) in [6.45, 7) is 2.09. The van der Waals surface area contributed by atoms with Crippen LogP contribution in [0.2, 0.25) is 0 Å². The molecule has 2 aliphatic heterocycles. The van der Waals surface area contributed by atoms with Crippen LogP contribution in [-0.4, -0.2) is 56.6 Å². The molecule has 2 aromatic heterocycles. The Hall–Kier alpha value is -3.99. The molecule has 2 fully saturated rings. The van der Waals surface area contributed by atoms with E-state index in [-0.39, 0.29) is 24.0 Å². The highest BCUT2D eigenvalue weighted by molar-refractivity contribution is 7.51. The minimum atomic E-state index is -4.28. The molecule has 0 aromatic carbocycles. The Morgan fingerprint density at radius 1 is 0.902 bits per heavy atom. The van der Waals surface area contributed by atoms with Gasteiger partial charge in [-0.15, -0.1) is 0 Å². The van der Waals surface area contributed by atoms with Gasteiger partial charge in [-0.05, 0) is 24.9 Å². The third-order valence-corrected chi connectivity index (χ3v) is 7.58. The normalized spacial score (nSPS) is 27.1. The molecule has 0 saturated carbocycles. The summed E-state index contributed by atoms with van der Waals surface area (Å²) in [5.74, 6) is 0. The molecule has 21 heteroatoms. The monoisotopic (exact) mass is 595 g/mol. The number of H-pyrrole nitrogens is 2. The second kappa shape index (κ2) is 12.3. The minimum Gasteiger partial charge on any atom is -0.352 e. The first-order valence-electron chi connectivity index (χ1n) is 12.1. The van der Waals surface area contributed by atoms with Crippen LogP contribution in [0.3, 0.4) is 0 Å². The van der Waals surface area contributed by atoms with E-state index >= 15 is 0 Å². The summed E-state index contributed by atoms with van der Waals surface area (Å²) in [6, 6.07) is -1.67. The van der Waals surface area contributed by atoms with Crippen molar-refractivity contribution in [3.63, 3.8) is 0 Å². The quantitative estimate of drug-likeness (QED) is 0.150. The third-order valence-electron chi connectivity index (χ3n) is 6.56. The van der Waals surface area contributed by atoms with Gasteiger partial charge in [-0.25, -0.2) is 19.7 Å². The van der Waals surface area contributed by atoms with E-state index in [1.165, 1.54) is 26.2 Å². The summed E-state index contributed by atoms with van der Waals surface area (Å²) >= 11 is 0. The van der Waals surface area contributed by atoms with Crippen LogP contribution < -0.4 is 28.0 Å². The lowest BCUT2D eigenvalue weighted by Crippen LogP contribution is -2.33. The van der Waals surface area contributed by atoms with Crippen molar-refractivity contribution < 1.29 is 23.1 Å². The van der Waals surface area contributed by atoms with Gasteiger partial charge in [0, 0.05) is 46.2 Å². The van der Waals surface area contributed by atoms with Crippen LogP contribution in [0, 0.1) is 13.8 Å². The second-order valence-corrected chi connectivity index (χ2v) is 11.0. The van der Waals surface area contributed by atoms with E-state index in [1.807, 2.05) is 0 Å². The van der Waals surface area contributed by atoms with Gasteiger partial charge in [-0.1, -0.05) is 10.2 Å². The molecule has 0 radical (unpaired) electrons. The Bertz CT molecular complexity index is 1570. The SMILES string of the molecule is Cc1cn([C@@H]2C[C@@H](N=[N+]=[N-])[C@H](COP(N)(=O)OC[C@H]3O[C@@H](n4cc(C)c(=O)[nH]c4=O)C[C@@H]3N=[N+]=[N-])O2)c(=O)[nH]c1=O. The van der Waals surface area contributed by atoms with Gasteiger partial charge in [0.25, 0.3) is 11.1 Å². The molecule has 2 aliphatic rings. The molecule has 2 saturated heterocycles. The number of aromatic nitrogens is 4. The van der Waals surface area contributed by atoms with Crippen molar-refractivity contribution in [3.05, 3.63) is 86.1 Å². The zero-order chi connectivity index (χ0) is 29.9. The number of nitrogens with two attached hydrogens (primary N) is 1. The van der Waals surface area contributed by atoms with Crippen molar-refractivity contribution in [2.75, 3.05) is 13.2 Å². The van der Waals surface area contributed by atoms with Crippen molar-refractivity contribution in [2.24, 2.45) is 15.7 Å². The zero-order valence-electron chi connectivity index (χ0n) is 21.7. The molecule has 7 atom stereocenters. The minimum absolute atomic E-state index is 0.0496. The lowest BCUT2D eigenvalue weighted by atomic mass is 10.1. The smallest absolute Gasteiger partial charge is 0.352 e. The molecule has 20 nitrogen and oxygen atoms in total. The summed E-state index contributed by atoms with van der Waals surface area (Å²) in [4.78, 5) is 57.7. The molecule has 0 aliphatic carbocycles. The number of nitrogens with one attached hydrogen (secondary N) is 2. The molecule has 220 valence electrons. The summed E-state index contributed by atoms with van der Waals surface area (Å²) in [6.07, 6.45) is -1.10. The van der Waals surface area contributed by atoms with Crippen LogP contribution in [0.15, 0.2) is 41.8 Å². The van der Waals surface area contributed by atoms with E-state index in [9.17, 15) is 23.7 Å². The number of aromatic amines is 2. The summed E-state index contributed by atoms with van der Waals surface area (Å²) in [5, 5.41) is 7.29. The fourth-order valence-electron chi connectivity index (χ4n) is 4.44. The Kier molecular flexibility index (Phi) is 8.96. The van der Waals surface area contributed by atoms with Gasteiger partial charge in [0.15, 0.2) is 0 Å². The maximum atomic E-state index is 12.9. The zero-order valence-corrected chi connectivity index (χ0v) is 22.6. The molecular weight excluding hydrogens is 569 g/mol. The van der Waals surface area contributed by atoms with Crippen LogP contribution in [0.5, 0.6) is 0 Å². The van der Waals surface area contributed by atoms with Crippen molar-refractivity contribution in [1.82, 2.24) is 19.1 Å². The predicted molar refractivity (Wildman–Crippen MR) is 139 cm³/mol. The number of ether oxygens (including phenoxy) is 2. The topological polar surface area (TPSA) is 287 Å². The van der Waals surface area contributed by atoms with E-state index in [2.05, 4.69) is 30.0 Å². The van der Waals surface area contributed by atoms with E-state index in [0.29, 0.717) is 0 Å². The fraction of sp³-hybridized carbons (Fsp3) is 0.600. The van der Waals surface area contributed by atoms with Crippen molar-refractivity contribution in [3.8, 4) is 0 Å². The number of rotatable bonds is 10. The molecule has 4 rings (SSSR count). The first-order chi connectivity index (χ1) is 19.4. The average molecular weight is 595 g/mol. The molecule has 1 unspecified atom stereocenters. The van der Waals surface area contributed by atoms with Crippen LogP contribution in [0.1, 0.15) is 36.4 Å². The number of hydrogen-bond acceptors (Lipinski definition) is 11. The Morgan fingerprint density at radius 3 is 1.66 bits per heavy atom. The van der Waals surface area contributed by atoms with Gasteiger partial charge < -0.3 is 9.47 Å². The van der Waals surface area contributed by atoms with Gasteiger partial charge >= 0.3 is 19.1 Å². The maximum Gasteiger partial charge on any atom is 0.403 e. The van der Waals surface area contributed by atoms with E-state index in [1.54, 1.807) is 0 Å². The lowest BCUT2D eigenvalue weighted by Gasteiger charge is -2.21. The summed E-state index contributed by atoms with van der Waals surface area (Å²) in [5.41, 5.74) is 21.5. The number of nitrogens with zero attached hydrogens (tertiary/aromatic N) is 8. The van der Waals surface area contributed by atoms with Crippen LogP contribution in [0.4, 0.5) is 0 Å². The van der Waals surface area contributed by atoms with Crippen molar-refractivity contribution in [1.29, 1.82) is 0 Å². The Labute approximate surface area is 228 Å². The molecule has 4 heterocycles. The van der Waals surface area contributed by atoms with Gasteiger partial charge in [0.2, 0.25) is 0 Å². The van der Waals surface area contributed by atoms with Crippen molar-refractivity contribution >= 4 is 7.75 Å². The van der Waals surface area contributed by atoms with Crippen LogP contribution >= 0.6 is 7.75 Å². The van der Waals surface area contributed by atoms with E-state index in [0.717, 1.165) is 9.13 Å². The van der Waals surface area contributed by atoms with Crippen molar-refractivity contribution in [2.45, 2.75) is 63.4 Å². The number of aryl methyl sites for hydroxylation is 2. The van der Waals surface area contributed by atoms with E-state index in [4.69, 9.17) is 35.1 Å². The first kappa shape index (κ1) is 30.0. The highest BCUT2D eigenvalue weighted by Gasteiger charge is 2.40. The summed E-state index contributed by atoms with van der Waals surface area (Å²) < 4.78 is 37.2. The molecule has 4 N–H and O–H groups in total. The summed E-state index contributed by atoms with van der Waals surface area (Å²) in [7, 11) is -4.28. The fourth-order valence-corrected chi connectivity index (χ4v) is 5.22. The number of hydrogen-bond donors (Lipinski definition) is 3. The molecule has 2 aromatic rings. The largest absolute Gasteiger partial charge is 0.403 e. The molecule has 0 bridgehead atoms. The maximum absolute atomic E-state index is 12.9. The Balaban J connectivity index is 1.40. The van der Waals surface area contributed by atoms with Gasteiger partial charge in [0.05, 0.1) is 37.5 Å². The molecule has 41 heavy (non-hydrogen) atoms. The van der Waals surface area contributed by atoms with Gasteiger partial charge in [-0.3, -0.25) is 37.7 Å². The second-order valence-electron chi connectivity index (χ2n) is 9.36. The predicted octanol–water partition coefficient (Wildman–Crippen LogP) is 0.736. The standard InChI is InChI=1S/C20H26N11O9P/c1-9-5-30(19(34)24-17(9)32)15-3-11(26-28-21)13(39-15)7-37-41(23,36)38-8-14-12(27-29-22)4-16(40-14)31-6-10(2)18(33)25-20(31)35/h5-6,11-16H,3-4,7-8H2,1-2H3,(H2,23,36)(H,24,32,34)(H,25,33,35)/t11-,12+,13+,14-,15+,16-,41?. The lowest BCUT2D eigenvalue weighted by molar-refractivity contribution is -0.0345. The average Bonchev–Trinajstić information content (AvgIpc) is 3.50. The molecule has 0 amide bonds. The van der Waals surface area contributed by atoms with Gasteiger partial charge in [-0.2, -0.15) is 0 Å². The molecule has 0 spiro atoms. The Morgan fingerprint density at radius 2 is 1.29 bits per heavy atom. The van der Waals surface area contributed by atoms with Crippen LogP contribution in [0.25, 0.3) is 20.9 Å². The highest BCUT2D eigenvalue weighted by atomic mass is 31.2. The number of azide groups is 2. The third kappa shape index (κ3) is 6.84. The first-order valence-corrected chi connectivity index (χ1v) is 13.7. The highest BCUT2D eigenvalue weighted by Crippen LogP contribution is 2.42. The van der Waals surface area contributed by atoms with Gasteiger partial charge in [0.1, 0.15) is 12.5 Å². The van der Waals surface area contributed by atoms with E-state index < -0.39 is 80.2 Å².